The second-order valence-corrected chi connectivity index (χ2v) is 5.46. The molecule has 0 saturated heterocycles. The highest BCUT2D eigenvalue weighted by atomic mass is 16.3. The van der Waals surface area contributed by atoms with Gasteiger partial charge in [-0.2, -0.15) is 0 Å². The summed E-state index contributed by atoms with van der Waals surface area (Å²) in [6, 6.07) is 6.43. The third kappa shape index (κ3) is 4.14. The van der Waals surface area contributed by atoms with Crippen LogP contribution in [0.25, 0.3) is 0 Å². The number of aliphatic hydroxyl groups excluding tert-OH is 1. The van der Waals surface area contributed by atoms with Crippen molar-refractivity contribution < 1.29 is 5.11 Å². The van der Waals surface area contributed by atoms with Gasteiger partial charge >= 0.3 is 0 Å². The Balaban J connectivity index is 3.07. The van der Waals surface area contributed by atoms with Crippen molar-refractivity contribution in [2.75, 3.05) is 37.0 Å². The lowest BCUT2D eigenvalue weighted by molar-refractivity contribution is 0.174. The van der Waals surface area contributed by atoms with Gasteiger partial charge < -0.3 is 14.9 Å². The van der Waals surface area contributed by atoms with Crippen LogP contribution >= 0.6 is 0 Å². The predicted molar refractivity (Wildman–Crippen MR) is 88.8 cm³/mol. The van der Waals surface area contributed by atoms with Crippen LogP contribution in [0.4, 0.5) is 11.4 Å². The van der Waals surface area contributed by atoms with E-state index in [4.69, 9.17) is 0 Å². The highest BCUT2D eigenvalue weighted by molar-refractivity contribution is 5.62. The topological polar surface area (TPSA) is 26.7 Å². The Morgan fingerprint density at radius 3 is 2.35 bits per heavy atom. The maximum absolute atomic E-state index is 10.3. The average Bonchev–Trinajstić information content (AvgIpc) is 2.50. The molecule has 0 bridgehead atoms. The third-order valence-electron chi connectivity index (χ3n) is 3.93. The molecule has 1 atom stereocenters. The summed E-state index contributed by atoms with van der Waals surface area (Å²) >= 11 is 0. The van der Waals surface area contributed by atoms with Gasteiger partial charge in [0.1, 0.15) is 0 Å². The first-order valence-corrected chi connectivity index (χ1v) is 7.79. The number of anilines is 2. The van der Waals surface area contributed by atoms with Crippen LogP contribution in [0, 0.1) is 0 Å². The van der Waals surface area contributed by atoms with Gasteiger partial charge in [0.15, 0.2) is 0 Å². The van der Waals surface area contributed by atoms with E-state index in [1.54, 1.807) is 0 Å². The molecule has 0 spiro atoms. The van der Waals surface area contributed by atoms with Crippen molar-refractivity contribution in [3.8, 4) is 0 Å². The molecule has 0 aliphatic carbocycles. The van der Waals surface area contributed by atoms with Crippen molar-refractivity contribution in [3.63, 3.8) is 0 Å². The molecule has 3 nitrogen and oxygen atoms in total. The molecule has 0 amide bonds. The minimum atomic E-state index is -0.390. The Kier molecular flexibility index (Phi) is 6.86. The molecule has 0 aliphatic rings. The van der Waals surface area contributed by atoms with E-state index in [0.29, 0.717) is 0 Å². The van der Waals surface area contributed by atoms with E-state index < -0.39 is 6.10 Å². The Bertz CT molecular complexity index is 406. The minimum absolute atomic E-state index is 0.390. The minimum Gasteiger partial charge on any atom is -0.388 e. The van der Waals surface area contributed by atoms with E-state index in [0.717, 1.165) is 30.8 Å². The number of rotatable bonds is 8. The fourth-order valence-electron chi connectivity index (χ4n) is 2.31. The predicted octanol–water partition coefficient (Wildman–Crippen LogP) is 3.82. The zero-order valence-electron chi connectivity index (χ0n) is 13.7. The quantitative estimate of drug-likeness (QED) is 0.783. The van der Waals surface area contributed by atoms with Crippen molar-refractivity contribution >= 4 is 11.4 Å². The van der Waals surface area contributed by atoms with E-state index in [9.17, 15) is 5.11 Å². The zero-order chi connectivity index (χ0) is 15.1. The van der Waals surface area contributed by atoms with Crippen molar-refractivity contribution in [1.29, 1.82) is 0 Å². The monoisotopic (exact) mass is 278 g/mol. The molecular weight excluding hydrogens is 248 g/mol. The molecule has 3 heteroatoms. The van der Waals surface area contributed by atoms with E-state index in [1.807, 2.05) is 6.92 Å². The van der Waals surface area contributed by atoms with E-state index >= 15 is 0 Å². The molecule has 20 heavy (non-hydrogen) atoms. The SMILES string of the molecule is CCCCN(C)c1ccc(N(C)CC)c(C(O)CC)c1. The van der Waals surface area contributed by atoms with Crippen molar-refractivity contribution in [2.45, 2.75) is 46.1 Å². The van der Waals surface area contributed by atoms with Gasteiger partial charge in [0.25, 0.3) is 0 Å². The standard InChI is InChI=1S/C17H30N2O/c1-6-9-12-19(5)14-10-11-16(18(4)8-3)15(13-14)17(20)7-2/h10-11,13,17,20H,6-9,12H2,1-5H3. The van der Waals surface area contributed by atoms with Crippen LogP contribution in [-0.2, 0) is 0 Å². The first-order valence-electron chi connectivity index (χ1n) is 7.79. The number of aliphatic hydroxyl groups is 1. The highest BCUT2D eigenvalue weighted by Crippen LogP contribution is 2.31. The Labute approximate surface area is 124 Å². The number of hydrogen-bond donors (Lipinski definition) is 1. The summed E-state index contributed by atoms with van der Waals surface area (Å²) in [6.07, 6.45) is 2.75. The van der Waals surface area contributed by atoms with Crippen LogP contribution in [0.15, 0.2) is 18.2 Å². The highest BCUT2D eigenvalue weighted by Gasteiger charge is 2.15. The molecule has 0 radical (unpaired) electrons. The molecule has 1 unspecified atom stereocenters. The molecule has 0 heterocycles. The largest absolute Gasteiger partial charge is 0.388 e. The van der Waals surface area contributed by atoms with E-state index in [-0.39, 0.29) is 0 Å². The second-order valence-electron chi connectivity index (χ2n) is 5.46. The van der Waals surface area contributed by atoms with Crippen molar-refractivity contribution in [3.05, 3.63) is 23.8 Å². The van der Waals surface area contributed by atoms with Gasteiger partial charge in [0.05, 0.1) is 6.10 Å². The Hall–Kier alpha value is -1.22. The molecule has 1 aromatic rings. The maximum Gasteiger partial charge on any atom is 0.0808 e. The van der Waals surface area contributed by atoms with Gasteiger partial charge in [-0.3, -0.25) is 0 Å². The van der Waals surface area contributed by atoms with Crippen LogP contribution in [0.5, 0.6) is 0 Å². The van der Waals surface area contributed by atoms with Gasteiger partial charge in [0.2, 0.25) is 0 Å². The molecule has 1 N–H and O–H groups in total. The second kappa shape index (κ2) is 8.15. The smallest absolute Gasteiger partial charge is 0.0808 e. The Morgan fingerprint density at radius 1 is 1.10 bits per heavy atom. The lowest BCUT2D eigenvalue weighted by Gasteiger charge is -2.26. The van der Waals surface area contributed by atoms with Crippen molar-refractivity contribution in [1.82, 2.24) is 0 Å². The lowest BCUT2D eigenvalue weighted by atomic mass is 10.0. The Morgan fingerprint density at radius 2 is 1.80 bits per heavy atom. The van der Waals surface area contributed by atoms with Crippen LogP contribution in [0.3, 0.4) is 0 Å². The van der Waals surface area contributed by atoms with Gasteiger partial charge in [-0.25, -0.2) is 0 Å². The van der Waals surface area contributed by atoms with Gasteiger partial charge in [-0.05, 0) is 38.0 Å². The average molecular weight is 278 g/mol. The van der Waals surface area contributed by atoms with Gasteiger partial charge in [0, 0.05) is 44.1 Å². The molecule has 0 aliphatic heterocycles. The van der Waals surface area contributed by atoms with E-state index in [1.165, 1.54) is 18.5 Å². The summed E-state index contributed by atoms with van der Waals surface area (Å²) in [4.78, 5) is 4.45. The van der Waals surface area contributed by atoms with Gasteiger partial charge in [-0.1, -0.05) is 20.3 Å². The van der Waals surface area contributed by atoms with E-state index in [2.05, 4.69) is 55.9 Å². The number of unbranched alkanes of at least 4 members (excludes halogenated alkanes) is 1. The molecule has 0 aromatic heterocycles. The molecule has 0 saturated carbocycles. The third-order valence-corrected chi connectivity index (χ3v) is 3.93. The summed E-state index contributed by atoms with van der Waals surface area (Å²) in [5.74, 6) is 0. The molecule has 0 fully saturated rings. The number of nitrogens with zero attached hydrogens (tertiary/aromatic N) is 2. The fraction of sp³-hybridized carbons (Fsp3) is 0.647. The summed E-state index contributed by atoms with van der Waals surface area (Å²) in [7, 11) is 4.19. The summed E-state index contributed by atoms with van der Waals surface area (Å²) in [6.45, 7) is 8.35. The normalized spacial score (nSPS) is 12.3. The first-order chi connectivity index (χ1) is 9.54. The summed E-state index contributed by atoms with van der Waals surface area (Å²) < 4.78 is 0. The lowest BCUT2D eigenvalue weighted by Crippen LogP contribution is -2.21. The number of hydrogen-bond acceptors (Lipinski definition) is 3. The summed E-state index contributed by atoms with van der Waals surface area (Å²) in [5, 5.41) is 10.3. The fourth-order valence-corrected chi connectivity index (χ4v) is 2.31. The van der Waals surface area contributed by atoms with Crippen LogP contribution in [-0.4, -0.2) is 32.3 Å². The zero-order valence-corrected chi connectivity index (χ0v) is 13.7. The molecular formula is C17H30N2O. The van der Waals surface area contributed by atoms with Crippen LogP contribution in [0.1, 0.15) is 51.7 Å². The van der Waals surface area contributed by atoms with Crippen LogP contribution < -0.4 is 9.80 Å². The maximum atomic E-state index is 10.3. The number of benzene rings is 1. The van der Waals surface area contributed by atoms with Crippen molar-refractivity contribution in [2.24, 2.45) is 0 Å². The van der Waals surface area contributed by atoms with Gasteiger partial charge in [-0.15, -0.1) is 0 Å². The first kappa shape index (κ1) is 16.8. The van der Waals surface area contributed by atoms with Crippen LogP contribution in [0.2, 0.25) is 0 Å². The molecule has 1 rings (SSSR count). The summed E-state index contributed by atoms with van der Waals surface area (Å²) in [5.41, 5.74) is 3.36. The molecule has 114 valence electrons. The molecule has 1 aromatic carbocycles.